The molecule has 1 atom stereocenters. The number of benzene rings is 1. The number of halogens is 2. The Morgan fingerprint density at radius 2 is 1.92 bits per heavy atom. The fourth-order valence-corrected chi connectivity index (χ4v) is 3.79. The van der Waals surface area contributed by atoms with Gasteiger partial charge in [0.1, 0.15) is 5.75 Å². The molecule has 1 aliphatic heterocycles. The Kier molecular flexibility index (Phi) is 6.06. The van der Waals surface area contributed by atoms with Gasteiger partial charge in [0.15, 0.2) is 0 Å². The molecule has 1 saturated carbocycles. The molecular formula is C19H24F2N2O3. The molecule has 1 N–H and O–H groups in total. The van der Waals surface area contributed by atoms with E-state index in [9.17, 15) is 18.4 Å². The lowest BCUT2D eigenvalue weighted by molar-refractivity contribution is -0.130. The average Bonchev–Trinajstić information content (AvgIpc) is 3.25. The van der Waals surface area contributed by atoms with Crippen molar-refractivity contribution in [2.45, 2.75) is 51.2 Å². The number of hydrogen-bond acceptors (Lipinski definition) is 3. The van der Waals surface area contributed by atoms with Crippen molar-refractivity contribution < 1.29 is 23.1 Å². The summed E-state index contributed by atoms with van der Waals surface area (Å²) in [5.74, 6) is -0.155. The lowest BCUT2D eigenvalue weighted by atomic mass is 10.1. The molecule has 2 fully saturated rings. The summed E-state index contributed by atoms with van der Waals surface area (Å²) in [5.41, 5.74) is 0.919. The number of carbonyl (C=O) groups excluding carboxylic acids is 2. The highest BCUT2D eigenvalue weighted by Gasteiger charge is 2.38. The van der Waals surface area contributed by atoms with Crippen molar-refractivity contribution in [2.75, 3.05) is 13.1 Å². The summed E-state index contributed by atoms with van der Waals surface area (Å²) in [4.78, 5) is 26.4. The molecule has 5 nitrogen and oxygen atoms in total. The molecule has 142 valence electrons. The molecule has 2 amide bonds. The van der Waals surface area contributed by atoms with Crippen LogP contribution in [0.4, 0.5) is 8.78 Å². The zero-order chi connectivity index (χ0) is 18.5. The Balaban J connectivity index is 1.42. The summed E-state index contributed by atoms with van der Waals surface area (Å²) in [6.45, 7) is -1.87. The van der Waals surface area contributed by atoms with Gasteiger partial charge in [0.2, 0.25) is 11.8 Å². The van der Waals surface area contributed by atoms with Gasteiger partial charge in [0.05, 0.1) is 5.92 Å². The number of rotatable bonds is 7. The molecule has 0 spiro atoms. The van der Waals surface area contributed by atoms with E-state index in [2.05, 4.69) is 10.1 Å². The van der Waals surface area contributed by atoms with Gasteiger partial charge in [-0.25, -0.2) is 0 Å². The van der Waals surface area contributed by atoms with Crippen LogP contribution in [-0.4, -0.2) is 42.5 Å². The summed E-state index contributed by atoms with van der Waals surface area (Å²) in [5, 5.41) is 2.88. The summed E-state index contributed by atoms with van der Waals surface area (Å²) in [6.07, 6.45) is 5.30. The number of alkyl halides is 2. The molecule has 1 heterocycles. The van der Waals surface area contributed by atoms with Crippen molar-refractivity contribution in [1.82, 2.24) is 10.2 Å². The molecule has 1 aromatic rings. The third kappa shape index (κ3) is 4.71. The number of ether oxygens (including phenoxy) is 1. The average molecular weight is 366 g/mol. The third-order valence-electron chi connectivity index (χ3n) is 5.16. The largest absolute Gasteiger partial charge is 0.435 e. The number of hydrogen-bond donors (Lipinski definition) is 1. The van der Waals surface area contributed by atoms with Gasteiger partial charge in [-0.2, -0.15) is 8.78 Å². The van der Waals surface area contributed by atoms with Gasteiger partial charge in [-0.05, 0) is 37.0 Å². The topological polar surface area (TPSA) is 58.6 Å². The van der Waals surface area contributed by atoms with E-state index in [4.69, 9.17) is 0 Å². The van der Waals surface area contributed by atoms with Crippen molar-refractivity contribution in [3.05, 3.63) is 29.8 Å². The summed E-state index contributed by atoms with van der Waals surface area (Å²) >= 11 is 0. The van der Waals surface area contributed by atoms with Crippen LogP contribution in [0.2, 0.25) is 0 Å². The van der Waals surface area contributed by atoms with Crippen LogP contribution in [-0.2, 0) is 16.0 Å². The van der Waals surface area contributed by atoms with Crippen molar-refractivity contribution in [3.8, 4) is 5.75 Å². The second-order valence-corrected chi connectivity index (χ2v) is 6.95. The van der Waals surface area contributed by atoms with Crippen LogP contribution in [0, 0.1) is 5.92 Å². The summed E-state index contributed by atoms with van der Waals surface area (Å²) < 4.78 is 28.5. The minimum absolute atomic E-state index is 0.0866. The monoisotopic (exact) mass is 366 g/mol. The highest BCUT2D eigenvalue weighted by Crippen LogP contribution is 2.29. The Hall–Kier alpha value is -2.18. The summed E-state index contributed by atoms with van der Waals surface area (Å²) in [6, 6.07) is 6.68. The number of amides is 2. The fraction of sp³-hybridized carbons (Fsp3) is 0.579. The Morgan fingerprint density at radius 3 is 2.58 bits per heavy atom. The number of carbonyl (C=O) groups is 2. The quantitative estimate of drug-likeness (QED) is 0.807. The normalized spacial score (nSPS) is 20.8. The maximum Gasteiger partial charge on any atom is 0.387 e. The molecule has 26 heavy (non-hydrogen) atoms. The number of likely N-dealkylation sites (tertiary alicyclic amines) is 1. The molecule has 0 bridgehead atoms. The third-order valence-corrected chi connectivity index (χ3v) is 5.16. The molecule has 7 heteroatoms. The van der Waals surface area contributed by atoms with E-state index >= 15 is 0 Å². The second-order valence-electron chi connectivity index (χ2n) is 6.95. The molecule has 1 aliphatic carbocycles. The Bertz CT molecular complexity index is 630. The van der Waals surface area contributed by atoms with Crippen LogP contribution >= 0.6 is 0 Å². The lowest BCUT2D eigenvalue weighted by Crippen LogP contribution is -2.37. The molecule has 2 aliphatic rings. The smallest absolute Gasteiger partial charge is 0.387 e. The van der Waals surface area contributed by atoms with Gasteiger partial charge in [-0.15, -0.1) is 0 Å². The number of nitrogens with zero attached hydrogens (tertiary/aromatic N) is 1. The maximum absolute atomic E-state index is 12.3. The maximum atomic E-state index is 12.3. The zero-order valence-electron chi connectivity index (χ0n) is 14.6. The Morgan fingerprint density at radius 1 is 1.23 bits per heavy atom. The molecule has 0 aromatic heterocycles. The number of nitrogens with one attached hydrogen (secondary N) is 1. The van der Waals surface area contributed by atoms with Crippen molar-refractivity contribution in [1.29, 1.82) is 0 Å². The zero-order valence-corrected chi connectivity index (χ0v) is 14.6. The molecule has 3 rings (SSSR count). The van der Waals surface area contributed by atoms with Crippen molar-refractivity contribution >= 4 is 11.8 Å². The predicted molar refractivity (Wildman–Crippen MR) is 91.9 cm³/mol. The molecule has 0 unspecified atom stereocenters. The first-order valence-corrected chi connectivity index (χ1v) is 9.14. The van der Waals surface area contributed by atoms with E-state index < -0.39 is 6.61 Å². The van der Waals surface area contributed by atoms with Gasteiger partial charge >= 0.3 is 6.61 Å². The summed E-state index contributed by atoms with van der Waals surface area (Å²) in [7, 11) is 0. The van der Waals surface area contributed by atoms with Crippen molar-refractivity contribution in [3.63, 3.8) is 0 Å². The highest BCUT2D eigenvalue weighted by molar-refractivity contribution is 5.89. The second kappa shape index (κ2) is 8.47. The van der Waals surface area contributed by atoms with E-state index in [1.807, 2.05) is 4.90 Å². The van der Waals surface area contributed by atoms with Gasteiger partial charge in [0.25, 0.3) is 0 Å². The lowest BCUT2D eigenvalue weighted by Gasteiger charge is -2.23. The van der Waals surface area contributed by atoms with E-state index in [1.54, 1.807) is 12.1 Å². The molecule has 1 aromatic carbocycles. The van der Waals surface area contributed by atoms with Crippen LogP contribution in [0.5, 0.6) is 5.75 Å². The van der Waals surface area contributed by atoms with Gasteiger partial charge in [-0.3, -0.25) is 9.59 Å². The predicted octanol–water partition coefficient (Wildman–Crippen LogP) is 2.74. The first kappa shape index (κ1) is 18.6. The minimum Gasteiger partial charge on any atom is -0.435 e. The standard InChI is InChI=1S/C19H24F2N2O3/c20-19(21)26-16-7-5-13(6-8-16)9-10-22-18(25)14-11-17(24)23(12-14)15-3-1-2-4-15/h5-8,14-15,19H,1-4,9-12H2,(H,22,25)/t14-/m0/s1. The van der Waals surface area contributed by atoms with Crippen LogP contribution < -0.4 is 10.1 Å². The molecule has 1 saturated heterocycles. The van der Waals surface area contributed by atoms with Crippen LogP contribution in [0.25, 0.3) is 0 Å². The van der Waals surface area contributed by atoms with Gasteiger partial charge in [-0.1, -0.05) is 25.0 Å². The van der Waals surface area contributed by atoms with Gasteiger partial charge < -0.3 is 15.0 Å². The molecule has 0 radical (unpaired) electrons. The van der Waals surface area contributed by atoms with E-state index in [-0.39, 0.29) is 23.5 Å². The highest BCUT2D eigenvalue weighted by atomic mass is 19.3. The molecular weight excluding hydrogens is 342 g/mol. The van der Waals surface area contributed by atoms with Crippen LogP contribution in [0.3, 0.4) is 0 Å². The SMILES string of the molecule is O=C(NCCc1ccc(OC(F)F)cc1)[C@H]1CC(=O)N(C2CCCC2)C1. The van der Waals surface area contributed by atoms with E-state index in [0.29, 0.717) is 32.0 Å². The van der Waals surface area contributed by atoms with Gasteiger partial charge in [0, 0.05) is 25.6 Å². The van der Waals surface area contributed by atoms with Crippen LogP contribution in [0.15, 0.2) is 24.3 Å². The van der Waals surface area contributed by atoms with Crippen LogP contribution in [0.1, 0.15) is 37.7 Å². The first-order valence-electron chi connectivity index (χ1n) is 9.14. The van der Waals surface area contributed by atoms with Crippen molar-refractivity contribution in [2.24, 2.45) is 5.92 Å². The fourth-order valence-electron chi connectivity index (χ4n) is 3.79. The minimum atomic E-state index is -2.84. The first-order chi connectivity index (χ1) is 12.5. The van der Waals surface area contributed by atoms with E-state index in [1.165, 1.54) is 12.1 Å². The van der Waals surface area contributed by atoms with E-state index in [0.717, 1.165) is 31.2 Å². The Labute approximate surface area is 151 Å².